The second kappa shape index (κ2) is 6.31. The van der Waals surface area contributed by atoms with Crippen molar-refractivity contribution in [1.82, 2.24) is 5.32 Å². The molecular formula is C15H22N2S2. The van der Waals surface area contributed by atoms with Gasteiger partial charge in [0, 0.05) is 10.6 Å². The third kappa shape index (κ3) is 3.16. The lowest BCUT2D eigenvalue weighted by Gasteiger charge is -2.26. The fraction of sp³-hybridized carbons (Fsp3) is 0.667. The molecule has 2 heterocycles. The first kappa shape index (κ1) is 13.5. The topological polar surface area (TPSA) is 24.4 Å². The number of thiophene rings is 1. The van der Waals surface area contributed by atoms with Crippen molar-refractivity contribution in [2.24, 2.45) is 10.9 Å². The van der Waals surface area contributed by atoms with Crippen LogP contribution in [0.1, 0.15) is 49.9 Å². The summed E-state index contributed by atoms with van der Waals surface area (Å²) in [4.78, 5) is 6.39. The zero-order valence-electron chi connectivity index (χ0n) is 11.5. The highest BCUT2D eigenvalue weighted by atomic mass is 32.2. The number of fused-ring (bicyclic) bond motifs is 1. The van der Waals surface area contributed by atoms with Gasteiger partial charge in [0.15, 0.2) is 5.17 Å². The molecule has 1 fully saturated rings. The van der Waals surface area contributed by atoms with Crippen LogP contribution < -0.4 is 5.32 Å². The van der Waals surface area contributed by atoms with Gasteiger partial charge in [-0.15, -0.1) is 11.3 Å². The SMILES string of the molecule is CCCC(NC1=NC2CCCC2CS1)c1cccs1. The normalized spacial score (nSPS) is 27.7. The molecule has 3 rings (SSSR count). The van der Waals surface area contributed by atoms with E-state index in [9.17, 15) is 0 Å². The van der Waals surface area contributed by atoms with Crippen molar-refractivity contribution in [1.29, 1.82) is 0 Å². The average Bonchev–Trinajstić information content (AvgIpc) is 3.09. The highest BCUT2D eigenvalue weighted by Crippen LogP contribution is 2.36. The number of hydrogen-bond donors (Lipinski definition) is 1. The van der Waals surface area contributed by atoms with E-state index in [1.807, 2.05) is 23.1 Å². The molecule has 0 radical (unpaired) electrons. The fourth-order valence-corrected chi connectivity index (χ4v) is 5.06. The molecule has 2 nitrogen and oxygen atoms in total. The molecule has 1 aromatic rings. The average molecular weight is 294 g/mol. The Morgan fingerprint density at radius 2 is 2.42 bits per heavy atom. The Bertz CT molecular complexity index is 427. The summed E-state index contributed by atoms with van der Waals surface area (Å²) in [6, 6.07) is 5.45. The van der Waals surface area contributed by atoms with Crippen molar-refractivity contribution in [2.75, 3.05) is 5.75 Å². The van der Waals surface area contributed by atoms with Crippen LogP contribution in [0.15, 0.2) is 22.5 Å². The lowest BCUT2D eigenvalue weighted by molar-refractivity contribution is 0.526. The highest BCUT2D eigenvalue weighted by Gasteiger charge is 2.31. The first-order chi connectivity index (χ1) is 9.36. The van der Waals surface area contributed by atoms with E-state index in [1.165, 1.54) is 47.9 Å². The summed E-state index contributed by atoms with van der Waals surface area (Å²) < 4.78 is 0. The molecule has 1 N–H and O–H groups in total. The molecule has 1 aliphatic heterocycles. The van der Waals surface area contributed by atoms with Gasteiger partial charge in [-0.1, -0.05) is 37.6 Å². The Kier molecular flexibility index (Phi) is 4.49. The minimum absolute atomic E-state index is 0.453. The van der Waals surface area contributed by atoms with Gasteiger partial charge in [0.1, 0.15) is 0 Å². The van der Waals surface area contributed by atoms with Crippen molar-refractivity contribution >= 4 is 28.3 Å². The number of aliphatic imine (C=N–C) groups is 1. The number of rotatable bonds is 4. The molecule has 2 aliphatic rings. The standard InChI is InChI=1S/C15H22N2S2/c1-2-5-13(14-8-4-9-18-14)17-15-16-12-7-3-6-11(12)10-19-15/h4,8-9,11-13H,2-3,5-7,10H2,1H3,(H,16,17). The van der Waals surface area contributed by atoms with Crippen molar-refractivity contribution < 1.29 is 0 Å². The Morgan fingerprint density at radius 3 is 3.21 bits per heavy atom. The Labute approximate surface area is 124 Å². The Hall–Kier alpha value is -0.480. The molecule has 0 spiro atoms. The third-order valence-electron chi connectivity index (χ3n) is 4.10. The quantitative estimate of drug-likeness (QED) is 0.887. The van der Waals surface area contributed by atoms with Gasteiger partial charge < -0.3 is 5.32 Å². The number of amidine groups is 1. The van der Waals surface area contributed by atoms with E-state index in [0.717, 1.165) is 5.92 Å². The van der Waals surface area contributed by atoms with Gasteiger partial charge in [-0.05, 0) is 36.6 Å². The van der Waals surface area contributed by atoms with Gasteiger partial charge in [-0.2, -0.15) is 0 Å². The molecular weight excluding hydrogens is 272 g/mol. The van der Waals surface area contributed by atoms with Crippen LogP contribution in [-0.2, 0) is 0 Å². The van der Waals surface area contributed by atoms with E-state index < -0.39 is 0 Å². The zero-order chi connectivity index (χ0) is 13.1. The maximum atomic E-state index is 4.95. The summed E-state index contributed by atoms with van der Waals surface area (Å²) in [5.41, 5.74) is 0. The molecule has 3 atom stereocenters. The van der Waals surface area contributed by atoms with Crippen molar-refractivity contribution in [3.05, 3.63) is 22.4 Å². The predicted molar refractivity (Wildman–Crippen MR) is 86.1 cm³/mol. The second-order valence-corrected chi connectivity index (χ2v) is 7.49. The smallest absolute Gasteiger partial charge is 0.157 e. The number of hydrogen-bond acceptors (Lipinski definition) is 4. The molecule has 0 amide bonds. The first-order valence-electron chi connectivity index (χ1n) is 7.37. The van der Waals surface area contributed by atoms with Crippen LogP contribution >= 0.6 is 23.1 Å². The molecule has 0 bridgehead atoms. The molecule has 1 aliphatic carbocycles. The third-order valence-corrected chi connectivity index (χ3v) is 6.18. The highest BCUT2D eigenvalue weighted by molar-refractivity contribution is 8.13. The maximum Gasteiger partial charge on any atom is 0.157 e. The summed E-state index contributed by atoms with van der Waals surface area (Å²) >= 11 is 3.79. The van der Waals surface area contributed by atoms with Crippen LogP contribution in [-0.4, -0.2) is 17.0 Å². The largest absolute Gasteiger partial charge is 0.357 e. The summed E-state index contributed by atoms with van der Waals surface area (Å²) in [6.45, 7) is 2.26. The monoisotopic (exact) mass is 294 g/mol. The van der Waals surface area contributed by atoms with Gasteiger partial charge in [0.05, 0.1) is 12.1 Å². The number of nitrogens with zero attached hydrogens (tertiary/aromatic N) is 1. The van der Waals surface area contributed by atoms with E-state index in [0.29, 0.717) is 12.1 Å². The van der Waals surface area contributed by atoms with Crippen LogP contribution in [0.5, 0.6) is 0 Å². The minimum Gasteiger partial charge on any atom is -0.357 e. The van der Waals surface area contributed by atoms with E-state index >= 15 is 0 Å². The van der Waals surface area contributed by atoms with Gasteiger partial charge in [0.25, 0.3) is 0 Å². The van der Waals surface area contributed by atoms with E-state index in [2.05, 4.69) is 29.8 Å². The van der Waals surface area contributed by atoms with Gasteiger partial charge in [0.2, 0.25) is 0 Å². The van der Waals surface area contributed by atoms with Gasteiger partial charge in [-0.3, -0.25) is 4.99 Å². The molecule has 3 unspecified atom stereocenters. The molecule has 0 aromatic carbocycles. The van der Waals surface area contributed by atoms with Crippen LogP contribution in [0.3, 0.4) is 0 Å². The molecule has 1 saturated carbocycles. The second-order valence-electron chi connectivity index (χ2n) is 5.50. The lowest BCUT2D eigenvalue weighted by atomic mass is 10.1. The van der Waals surface area contributed by atoms with Crippen LogP contribution in [0.4, 0.5) is 0 Å². The lowest BCUT2D eigenvalue weighted by Crippen LogP contribution is -2.32. The van der Waals surface area contributed by atoms with Crippen molar-refractivity contribution in [3.8, 4) is 0 Å². The van der Waals surface area contributed by atoms with Crippen LogP contribution in [0.25, 0.3) is 0 Å². The minimum atomic E-state index is 0.453. The van der Waals surface area contributed by atoms with Crippen LogP contribution in [0.2, 0.25) is 0 Å². The van der Waals surface area contributed by atoms with Gasteiger partial charge >= 0.3 is 0 Å². The summed E-state index contributed by atoms with van der Waals surface area (Å²) in [5, 5.41) is 7.05. The Morgan fingerprint density at radius 1 is 1.47 bits per heavy atom. The predicted octanol–water partition coefficient (Wildman–Crippen LogP) is 4.45. The summed E-state index contributed by atoms with van der Waals surface area (Å²) in [7, 11) is 0. The molecule has 1 aromatic heterocycles. The van der Waals surface area contributed by atoms with E-state index in [1.54, 1.807) is 0 Å². The van der Waals surface area contributed by atoms with E-state index in [4.69, 9.17) is 4.99 Å². The van der Waals surface area contributed by atoms with Crippen molar-refractivity contribution in [2.45, 2.75) is 51.1 Å². The molecule has 104 valence electrons. The molecule has 19 heavy (non-hydrogen) atoms. The summed E-state index contributed by atoms with van der Waals surface area (Å²) in [5.74, 6) is 2.11. The van der Waals surface area contributed by atoms with E-state index in [-0.39, 0.29) is 0 Å². The fourth-order valence-electron chi connectivity index (χ4n) is 3.05. The molecule has 4 heteroatoms. The number of thioether (sulfide) groups is 1. The van der Waals surface area contributed by atoms with Gasteiger partial charge in [-0.25, -0.2) is 0 Å². The molecule has 0 saturated heterocycles. The van der Waals surface area contributed by atoms with Crippen molar-refractivity contribution in [3.63, 3.8) is 0 Å². The summed E-state index contributed by atoms with van der Waals surface area (Å²) in [6.07, 6.45) is 6.45. The van der Waals surface area contributed by atoms with Crippen LogP contribution in [0, 0.1) is 5.92 Å². The zero-order valence-corrected chi connectivity index (χ0v) is 13.1. The first-order valence-corrected chi connectivity index (χ1v) is 9.24. The Balaban J connectivity index is 1.68. The maximum absolute atomic E-state index is 4.95. The number of nitrogens with one attached hydrogen (secondary N) is 1.